The molecule has 2 N–H and O–H groups in total. The van der Waals surface area contributed by atoms with Crippen LogP contribution in [0.1, 0.15) is 40.5 Å². The zero-order valence-electron chi connectivity index (χ0n) is 15.1. The number of alkyl carbamates (subject to hydrolysis) is 1. The number of hydrogen-bond acceptors (Lipinski definition) is 6. The molecule has 0 aromatic rings. The molecule has 0 bridgehead atoms. The molecule has 4 atom stereocenters. The fourth-order valence-corrected chi connectivity index (χ4v) is 3.64. The lowest BCUT2D eigenvalue weighted by atomic mass is 10.1. The standard InChI is InChI=1S/C16H26N2O6S/c1-5-6-17-15(21)24-13-7-11(3)18(8-13,16(22)23)14(20)10(2)9-25-12(4)19/h10-11,13H,5-9H2,1-4H3,(H-,17,21,22,23)/p+1/t10?,11-,13-,18-/m1/s1. The molecule has 0 radical (unpaired) electrons. The van der Waals surface area contributed by atoms with Crippen LogP contribution in [0.3, 0.4) is 0 Å². The van der Waals surface area contributed by atoms with Crippen LogP contribution < -0.4 is 5.32 Å². The predicted octanol–water partition coefficient (Wildman–Crippen LogP) is 2.22. The van der Waals surface area contributed by atoms with Gasteiger partial charge in [0.05, 0.1) is 5.92 Å². The van der Waals surface area contributed by atoms with Gasteiger partial charge in [-0.1, -0.05) is 18.7 Å². The second kappa shape index (κ2) is 9.19. The summed E-state index contributed by atoms with van der Waals surface area (Å²) in [4.78, 5) is 47.6. The minimum Gasteiger partial charge on any atom is -0.440 e. The molecule has 9 heteroatoms. The Kier molecular flexibility index (Phi) is 7.88. The summed E-state index contributed by atoms with van der Waals surface area (Å²) in [5.41, 5.74) is 0. The molecule has 3 amide bonds. The smallest absolute Gasteiger partial charge is 0.440 e. The molecule has 1 heterocycles. The van der Waals surface area contributed by atoms with Gasteiger partial charge in [-0.05, 0) is 20.3 Å². The summed E-state index contributed by atoms with van der Waals surface area (Å²) in [7, 11) is 0. The summed E-state index contributed by atoms with van der Waals surface area (Å²) in [6, 6.07) is -0.515. The van der Waals surface area contributed by atoms with Crippen LogP contribution in [0, 0.1) is 5.92 Å². The maximum Gasteiger partial charge on any atom is 0.521 e. The lowest BCUT2D eigenvalue weighted by Gasteiger charge is -2.31. The number of imide groups is 1. The number of hydrogen-bond donors (Lipinski definition) is 2. The van der Waals surface area contributed by atoms with Crippen LogP contribution in [0.4, 0.5) is 9.59 Å². The Balaban J connectivity index is 2.86. The Hall–Kier alpha value is -1.61. The highest BCUT2D eigenvalue weighted by Gasteiger charge is 2.58. The number of carbonyl (C=O) groups excluding carboxylic acids is 3. The van der Waals surface area contributed by atoms with Crippen LogP contribution in [-0.4, -0.2) is 63.8 Å². The Labute approximate surface area is 151 Å². The molecule has 0 aliphatic carbocycles. The summed E-state index contributed by atoms with van der Waals surface area (Å²) in [6.07, 6.45) is -1.44. The van der Waals surface area contributed by atoms with Crippen molar-refractivity contribution in [1.29, 1.82) is 0 Å². The average Bonchev–Trinajstić information content (AvgIpc) is 2.86. The van der Waals surface area contributed by atoms with Crippen LogP contribution >= 0.6 is 11.8 Å². The van der Waals surface area contributed by atoms with E-state index in [2.05, 4.69) is 5.32 Å². The number of nitrogens with zero attached hydrogens (tertiary/aromatic N) is 1. The Morgan fingerprint density at radius 3 is 2.52 bits per heavy atom. The molecule has 142 valence electrons. The average molecular weight is 375 g/mol. The van der Waals surface area contributed by atoms with Crippen LogP contribution in [-0.2, 0) is 14.3 Å². The first kappa shape index (κ1) is 21.4. The highest BCUT2D eigenvalue weighted by Crippen LogP contribution is 2.32. The molecule has 1 unspecified atom stereocenters. The number of amides is 3. The quantitative estimate of drug-likeness (QED) is 0.685. The van der Waals surface area contributed by atoms with Crippen LogP contribution in [0.15, 0.2) is 0 Å². The van der Waals surface area contributed by atoms with Crippen molar-refractivity contribution in [1.82, 2.24) is 5.32 Å². The van der Waals surface area contributed by atoms with Crippen molar-refractivity contribution >= 4 is 35.0 Å². The van der Waals surface area contributed by atoms with E-state index >= 15 is 0 Å². The molecule has 0 spiro atoms. The minimum atomic E-state index is -1.25. The number of nitrogens with one attached hydrogen (secondary N) is 1. The maximum atomic E-state index is 12.8. The van der Waals surface area contributed by atoms with E-state index < -0.39 is 40.6 Å². The van der Waals surface area contributed by atoms with Crippen molar-refractivity contribution in [2.24, 2.45) is 5.92 Å². The molecular weight excluding hydrogens is 348 g/mol. The summed E-state index contributed by atoms with van der Waals surface area (Å²) < 4.78 is 4.50. The second-order valence-electron chi connectivity index (χ2n) is 6.41. The Bertz CT molecular complexity index is 541. The van der Waals surface area contributed by atoms with Gasteiger partial charge in [-0.3, -0.25) is 4.79 Å². The normalized spacial score (nSPS) is 26.7. The van der Waals surface area contributed by atoms with Crippen molar-refractivity contribution in [3.05, 3.63) is 0 Å². The Morgan fingerprint density at radius 2 is 2.00 bits per heavy atom. The van der Waals surface area contributed by atoms with E-state index in [1.807, 2.05) is 6.92 Å². The van der Waals surface area contributed by atoms with Gasteiger partial charge in [-0.15, -0.1) is 0 Å². The number of carboxylic acid groups (broad SMARTS) is 1. The molecule has 1 rings (SSSR count). The molecule has 1 saturated heterocycles. The predicted molar refractivity (Wildman–Crippen MR) is 93.1 cm³/mol. The van der Waals surface area contributed by atoms with Gasteiger partial charge in [0, 0.05) is 25.6 Å². The SMILES string of the molecule is CCCNC(=O)O[C@@H]1C[C@@H](C)[N@@+](C(=O)O)(C(=O)C(C)CSC(C)=O)C1. The van der Waals surface area contributed by atoms with Crippen molar-refractivity contribution in [3.63, 3.8) is 0 Å². The van der Waals surface area contributed by atoms with Gasteiger partial charge in [-0.2, -0.15) is 9.28 Å². The minimum absolute atomic E-state index is 0.0933. The zero-order chi connectivity index (χ0) is 19.2. The molecule has 1 aliphatic heterocycles. The Morgan fingerprint density at radius 1 is 1.36 bits per heavy atom. The monoisotopic (exact) mass is 375 g/mol. The molecule has 0 aromatic heterocycles. The van der Waals surface area contributed by atoms with Crippen LogP contribution in [0.2, 0.25) is 0 Å². The molecular formula is C16H27N2O6S+. The van der Waals surface area contributed by atoms with Crippen molar-refractivity contribution in [3.8, 4) is 0 Å². The van der Waals surface area contributed by atoms with E-state index in [4.69, 9.17) is 4.74 Å². The van der Waals surface area contributed by atoms with Gasteiger partial charge in [0.1, 0.15) is 12.6 Å². The lowest BCUT2D eigenvalue weighted by molar-refractivity contribution is -0.795. The third-order valence-electron chi connectivity index (χ3n) is 4.33. The molecule has 0 saturated carbocycles. The van der Waals surface area contributed by atoms with Crippen molar-refractivity contribution in [2.75, 3.05) is 18.8 Å². The van der Waals surface area contributed by atoms with Crippen LogP contribution in [0.5, 0.6) is 0 Å². The van der Waals surface area contributed by atoms with E-state index in [9.17, 15) is 24.3 Å². The molecule has 1 aliphatic rings. The number of likely N-dealkylation sites (tertiary alicyclic amines) is 1. The number of rotatable bonds is 6. The zero-order valence-corrected chi connectivity index (χ0v) is 15.9. The summed E-state index contributed by atoms with van der Waals surface area (Å²) >= 11 is 1.00. The van der Waals surface area contributed by atoms with E-state index in [0.29, 0.717) is 13.0 Å². The summed E-state index contributed by atoms with van der Waals surface area (Å²) in [5.74, 6) is -0.828. The van der Waals surface area contributed by atoms with Crippen LogP contribution in [0.25, 0.3) is 0 Å². The van der Waals surface area contributed by atoms with E-state index in [1.165, 1.54) is 6.92 Å². The largest absolute Gasteiger partial charge is 0.521 e. The van der Waals surface area contributed by atoms with Gasteiger partial charge in [0.25, 0.3) is 0 Å². The van der Waals surface area contributed by atoms with Gasteiger partial charge >= 0.3 is 18.1 Å². The summed E-state index contributed by atoms with van der Waals surface area (Å²) in [6.45, 7) is 6.98. The van der Waals surface area contributed by atoms with Gasteiger partial charge < -0.3 is 15.2 Å². The molecule has 0 aromatic carbocycles. The molecule has 25 heavy (non-hydrogen) atoms. The number of carbonyl (C=O) groups is 4. The fourth-order valence-electron chi connectivity index (χ4n) is 3.02. The lowest BCUT2D eigenvalue weighted by Crippen LogP contribution is -2.61. The second-order valence-corrected chi connectivity index (χ2v) is 7.61. The van der Waals surface area contributed by atoms with E-state index in [-0.39, 0.29) is 17.4 Å². The molecule has 8 nitrogen and oxygen atoms in total. The van der Waals surface area contributed by atoms with E-state index in [1.54, 1.807) is 13.8 Å². The van der Waals surface area contributed by atoms with Crippen molar-refractivity contribution in [2.45, 2.75) is 52.7 Å². The number of quaternary nitrogens is 1. The highest BCUT2D eigenvalue weighted by molar-refractivity contribution is 8.13. The highest BCUT2D eigenvalue weighted by atomic mass is 32.2. The van der Waals surface area contributed by atoms with Crippen molar-refractivity contribution < 1.29 is 33.5 Å². The maximum absolute atomic E-state index is 12.8. The third kappa shape index (κ3) is 5.18. The van der Waals surface area contributed by atoms with Gasteiger partial charge in [0.2, 0.25) is 0 Å². The van der Waals surface area contributed by atoms with Gasteiger partial charge in [-0.25, -0.2) is 9.59 Å². The first-order valence-electron chi connectivity index (χ1n) is 8.38. The third-order valence-corrected chi connectivity index (χ3v) is 5.41. The molecule has 1 fully saturated rings. The topological polar surface area (TPSA) is 110 Å². The number of thioether (sulfide) groups is 1. The first-order chi connectivity index (χ1) is 11.6. The summed E-state index contributed by atoms with van der Waals surface area (Å²) in [5, 5.41) is 12.2. The first-order valence-corrected chi connectivity index (χ1v) is 9.37. The van der Waals surface area contributed by atoms with E-state index in [0.717, 1.165) is 18.2 Å². The van der Waals surface area contributed by atoms with Gasteiger partial charge in [0.15, 0.2) is 11.2 Å². The fraction of sp³-hybridized carbons (Fsp3) is 0.750. The number of ether oxygens (including phenoxy) is 1.